The van der Waals surface area contributed by atoms with Crippen LogP contribution in [-0.4, -0.2) is 115 Å². The molecule has 5 atom stereocenters. The van der Waals surface area contributed by atoms with Gasteiger partial charge in [-0.05, 0) is 56.2 Å². The van der Waals surface area contributed by atoms with Crippen molar-refractivity contribution in [3.63, 3.8) is 0 Å². The number of sulfonamides is 1. The van der Waals surface area contributed by atoms with E-state index in [9.17, 15) is 37.2 Å². The molecule has 302 valence electrons. The lowest BCUT2D eigenvalue weighted by Gasteiger charge is -2.29. The minimum absolute atomic E-state index is 0.0638. The fourth-order valence-electron chi connectivity index (χ4n) is 7.33. The van der Waals surface area contributed by atoms with Gasteiger partial charge in [-0.3, -0.25) is 39.0 Å². The van der Waals surface area contributed by atoms with Crippen molar-refractivity contribution >= 4 is 57.2 Å². The Kier molecular flexibility index (Phi) is 13.7. The first kappa shape index (κ1) is 41.1. The lowest BCUT2D eigenvalue weighted by atomic mass is 10.0. The van der Waals surface area contributed by atoms with E-state index in [1.807, 2.05) is 30.3 Å². The highest BCUT2D eigenvalue weighted by Gasteiger charge is 2.43. The van der Waals surface area contributed by atoms with Crippen LogP contribution in [-0.2, 0) is 29.2 Å². The summed E-state index contributed by atoms with van der Waals surface area (Å²) in [4.78, 5) is 78.5. The third-order valence-electron chi connectivity index (χ3n) is 10.4. The number of amides is 6. The van der Waals surface area contributed by atoms with E-state index in [-0.39, 0.29) is 91.1 Å². The van der Waals surface area contributed by atoms with Gasteiger partial charge in [0, 0.05) is 50.8 Å². The molecule has 3 fully saturated rings. The summed E-state index contributed by atoms with van der Waals surface area (Å²) in [5.41, 5.74) is 1.21. The number of hydrogen-bond donors (Lipinski definition) is 5. The van der Waals surface area contributed by atoms with E-state index in [1.54, 1.807) is 30.0 Å². The van der Waals surface area contributed by atoms with Crippen molar-refractivity contribution < 1.29 is 41.9 Å². The fraction of sp³-hybridized carbons (Fsp3) is 0.526. The van der Waals surface area contributed by atoms with Crippen molar-refractivity contribution in [2.45, 2.75) is 75.0 Å². The quantitative estimate of drug-likeness (QED) is 0.113. The first-order chi connectivity index (χ1) is 26.9. The monoisotopic (exact) mass is 811 g/mol. The summed E-state index contributed by atoms with van der Waals surface area (Å²) < 4.78 is 31.2. The fourth-order valence-corrected chi connectivity index (χ4v) is 9.35. The van der Waals surface area contributed by atoms with Crippen molar-refractivity contribution in [3.8, 4) is 5.75 Å². The smallest absolute Gasteiger partial charge is 0.265 e. The second-order valence-corrected chi connectivity index (χ2v) is 17.6. The van der Waals surface area contributed by atoms with Crippen LogP contribution in [0.2, 0.25) is 0 Å². The molecule has 4 aliphatic heterocycles. The number of rotatable bonds is 17. The SMILES string of the molecule is CS(=O)(=O)N1CCC(C(=O)N[C@@H](CCCCNC(=O)CCCOc2cccc3c2C(=O)N(C2CCC(=O)NC2)C3=O)C(=O)NC2NC(c3ccccc3)CS2)C1. The molecule has 0 radical (unpaired) electrons. The molecule has 3 saturated heterocycles. The number of imide groups is 1. The van der Waals surface area contributed by atoms with E-state index in [1.165, 1.54) is 9.21 Å². The van der Waals surface area contributed by atoms with Crippen LogP contribution in [0.25, 0.3) is 0 Å². The number of carbonyl (C=O) groups excluding carboxylic acids is 6. The minimum atomic E-state index is -3.43. The second-order valence-electron chi connectivity index (χ2n) is 14.5. The molecule has 5 N–H and O–H groups in total. The van der Waals surface area contributed by atoms with Crippen molar-refractivity contribution in [1.29, 1.82) is 0 Å². The molecular formula is C38H49N7O9S2. The van der Waals surface area contributed by atoms with Gasteiger partial charge >= 0.3 is 0 Å². The van der Waals surface area contributed by atoms with Gasteiger partial charge in [-0.25, -0.2) is 12.7 Å². The van der Waals surface area contributed by atoms with E-state index < -0.39 is 39.8 Å². The molecule has 2 aromatic carbocycles. The zero-order chi connectivity index (χ0) is 39.8. The predicted molar refractivity (Wildman–Crippen MR) is 208 cm³/mol. The zero-order valence-electron chi connectivity index (χ0n) is 31.3. The summed E-state index contributed by atoms with van der Waals surface area (Å²) in [7, 11) is -3.43. The van der Waals surface area contributed by atoms with Crippen LogP contribution in [0.15, 0.2) is 48.5 Å². The standard InChI is InChI=1S/C38H49N7O9S2/c1-56(52,53)44-19-17-25(22-44)34(48)41-28(35(49)43-38-42-29(23-55-38)24-9-3-2-4-10-24)12-5-6-18-39-31(46)14-8-20-54-30-13-7-11-27-33(30)37(51)45(36(27)50)26-15-16-32(47)40-21-26/h2-4,7,9-11,13,25-26,28-29,38,42H,5-6,8,12,14-23H2,1H3,(H,39,46)(H,40,47)(H,41,48)(H,43,49)/t25?,26?,28-,29?,38?/m0/s1. The number of piperidine rings is 1. The third kappa shape index (κ3) is 10.3. The Balaban J connectivity index is 0.935. The molecule has 0 spiro atoms. The summed E-state index contributed by atoms with van der Waals surface area (Å²) in [6.07, 6.45) is 4.04. The van der Waals surface area contributed by atoms with E-state index >= 15 is 0 Å². The highest BCUT2D eigenvalue weighted by atomic mass is 32.2. The number of nitrogens with one attached hydrogen (secondary N) is 5. The first-order valence-corrected chi connectivity index (χ1v) is 21.9. The maximum absolute atomic E-state index is 13.5. The summed E-state index contributed by atoms with van der Waals surface area (Å²) in [5.74, 6) is -1.41. The number of unbranched alkanes of at least 4 members (excludes halogenated alkanes) is 1. The molecule has 16 nitrogen and oxygen atoms in total. The van der Waals surface area contributed by atoms with Crippen LogP contribution in [0.3, 0.4) is 0 Å². The van der Waals surface area contributed by atoms with Gasteiger partial charge in [0.2, 0.25) is 33.7 Å². The molecule has 4 aliphatic rings. The molecule has 0 aromatic heterocycles. The summed E-state index contributed by atoms with van der Waals surface area (Å²) in [5, 5.41) is 14.9. The molecule has 4 heterocycles. The van der Waals surface area contributed by atoms with Crippen LogP contribution < -0.4 is 31.3 Å². The normalized spacial score (nSPS) is 23.0. The zero-order valence-corrected chi connectivity index (χ0v) is 32.9. The number of benzene rings is 2. The average Bonchev–Trinajstić information content (AvgIpc) is 3.93. The Morgan fingerprint density at radius 2 is 1.80 bits per heavy atom. The third-order valence-corrected chi connectivity index (χ3v) is 12.8. The number of hydrogen-bond acceptors (Lipinski definition) is 11. The highest BCUT2D eigenvalue weighted by Crippen LogP contribution is 2.33. The largest absolute Gasteiger partial charge is 0.493 e. The van der Waals surface area contributed by atoms with Crippen LogP contribution in [0.1, 0.15) is 83.7 Å². The van der Waals surface area contributed by atoms with E-state index in [2.05, 4.69) is 26.6 Å². The lowest BCUT2D eigenvalue weighted by Crippen LogP contribution is -2.52. The van der Waals surface area contributed by atoms with Crippen molar-refractivity contribution in [2.75, 3.05) is 44.8 Å². The van der Waals surface area contributed by atoms with Gasteiger partial charge in [0.25, 0.3) is 11.8 Å². The summed E-state index contributed by atoms with van der Waals surface area (Å²) in [6, 6.07) is 13.6. The van der Waals surface area contributed by atoms with E-state index in [0.29, 0.717) is 45.1 Å². The minimum Gasteiger partial charge on any atom is -0.493 e. The van der Waals surface area contributed by atoms with E-state index in [4.69, 9.17) is 4.74 Å². The molecule has 0 saturated carbocycles. The van der Waals surface area contributed by atoms with Gasteiger partial charge in [-0.2, -0.15) is 0 Å². The molecule has 4 unspecified atom stereocenters. The second kappa shape index (κ2) is 18.6. The molecule has 6 amide bonds. The van der Waals surface area contributed by atoms with Gasteiger partial charge in [0.15, 0.2) is 0 Å². The van der Waals surface area contributed by atoms with Crippen LogP contribution in [0.4, 0.5) is 0 Å². The Hall–Kier alpha value is -4.52. The Bertz CT molecular complexity index is 1910. The molecular weight excluding hydrogens is 763 g/mol. The van der Waals surface area contributed by atoms with Crippen molar-refractivity contribution in [2.24, 2.45) is 5.92 Å². The number of ether oxygens (including phenoxy) is 1. The van der Waals surface area contributed by atoms with Crippen LogP contribution in [0.5, 0.6) is 5.75 Å². The van der Waals surface area contributed by atoms with E-state index in [0.717, 1.165) is 17.6 Å². The van der Waals surface area contributed by atoms with Gasteiger partial charge < -0.3 is 26.0 Å². The summed E-state index contributed by atoms with van der Waals surface area (Å²) in [6.45, 7) is 1.03. The van der Waals surface area contributed by atoms with Crippen LogP contribution >= 0.6 is 11.8 Å². The number of thioether (sulfide) groups is 1. The van der Waals surface area contributed by atoms with Gasteiger partial charge in [-0.1, -0.05) is 36.4 Å². The van der Waals surface area contributed by atoms with Gasteiger partial charge in [0.1, 0.15) is 17.3 Å². The van der Waals surface area contributed by atoms with Crippen molar-refractivity contribution in [1.82, 2.24) is 35.8 Å². The molecule has 2 aromatic rings. The van der Waals surface area contributed by atoms with Gasteiger partial charge in [0.05, 0.1) is 35.9 Å². The predicted octanol–water partition coefficient (Wildman–Crippen LogP) is 1.25. The highest BCUT2D eigenvalue weighted by molar-refractivity contribution is 8.00. The molecule has 56 heavy (non-hydrogen) atoms. The molecule has 0 bridgehead atoms. The molecule has 6 rings (SSSR count). The summed E-state index contributed by atoms with van der Waals surface area (Å²) >= 11 is 1.56. The lowest BCUT2D eigenvalue weighted by molar-refractivity contribution is -0.131. The van der Waals surface area contributed by atoms with Crippen molar-refractivity contribution in [3.05, 3.63) is 65.2 Å². The Labute approximate surface area is 330 Å². The molecule has 0 aliphatic carbocycles. The maximum atomic E-state index is 13.5. The maximum Gasteiger partial charge on any atom is 0.265 e. The van der Waals surface area contributed by atoms with Crippen LogP contribution in [0, 0.1) is 5.92 Å². The Morgan fingerprint density at radius 1 is 1.00 bits per heavy atom. The average molecular weight is 812 g/mol. The first-order valence-electron chi connectivity index (χ1n) is 19.0. The molecule has 18 heteroatoms. The van der Waals surface area contributed by atoms with Gasteiger partial charge in [-0.15, -0.1) is 11.8 Å². The number of nitrogens with zero attached hydrogens (tertiary/aromatic N) is 2. The topological polar surface area (TPSA) is 212 Å². The number of fused-ring (bicyclic) bond motifs is 1. The number of carbonyl (C=O) groups is 6. The Morgan fingerprint density at radius 3 is 2.54 bits per heavy atom.